The number of methoxy groups -OCH3 is 1. The van der Waals surface area contributed by atoms with Gasteiger partial charge >= 0.3 is 5.97 Å². The van der Waals surface area contributed by atoms with Gasteiger partial charge in [0.2, 0.25) is 0 Å². The molecule has 0 spiro atoms. The summed E-state index contributed by atoms with van der Waals surface area (Å²) in [6, 6.07) is 3.95. The Morgan fingerprint density at radius 2 is 2.42 bits per heavy atom. The average molecular weight is 326 g/mol. The molecule has 3 heterocycles. The molecule has 0 amide bonds. The third-order valence-electron chi connectivity index (χ3n) is 5.60. The molecule has 6 heteroatoms. The van der Waals surface area contributed by atoms with Gasteiger partial charge in [0, 0.05) is 43.2 Å². The van der Waals surface area contributed by atoms with Crippen molar-refractivity contribution < 1.29 is 9.53 Å². The van der Waals surface area contributed by atoms with Crippen molar-refractivity contribution in [2.45, 2.75) is 25.8 Å². The molecule has 4 rings (SSSR count). The highest BCUT2D eigenvalue weighted by Gasteiger charge is 2.55. The minimum absolute atomic E-state index is 0.0350. The minimum atomic E-state index is -0.299. The Morgan fingerprint density at radius 3 is 3.21 bits per heavy atom. The number of rotatable bonds is 4. The van der Waals surface area contributed by atoms with Gasteiger partial charge in [0.1, 0.15) is 0 Å². The predicted molar refractivity (Wildman–Crippen MR) is 88.9 cm³/mol. The second-order valence-corrected chi connectivity index (χ2v) is 6.92. The lowest BCUT2D eigenvalue weighted by atomic mass is 9.81. The summed E-state index contributed by atoms with van der Waals surface area (Å²) in [7, 11) is 1.51. The molecule has 1 aliphatic carbocycles. The standard InChI is InChI=1S/C18H22N4O2/c1-24-17(23)18-6-2-5-15(18)11-22(12-18)10-14-9-20-21-16(14)13-4-3-7-19-8-13/h3-4,7-9,15H,2,5-6,10-12H2,1H3,(H,20,21)/t15-,18-/m0/s1. The molecule has 126 valence electrons. The van der Waals surface area contributed by atoms with Crippen molar-refractivity contribution in [3.05, 3.63) is 36.3 Å². The smallest absolute Gasteiger partial charge is 0.313 e. The van der Waals surface area contributed by atoms with Crippen LogP contribution >= 0.6 is 0 Å². The Bertz CT molecular complexity index is 730. The molecule has 24 heavy (non-hydrogen) atoms. The Kier molecular flexibility index (Phi) is 3.84. The van der Waals surface area contributed by atoms with Gasteiger partial charge in [-0.3, -0.25) is 19.8 Å². The Hall–Kier alpha value is -2.21. The van der Waals surface area contributed by atoms with Crippen molar-refractivity contribution in [2.75, 3.05) is 20.2 Å². The Morgan fingerprint density at radius 1 is 1.50 bits per heavy atom. The number of aromatic nitrogens is 3. The van der Waals surface area contributed by atoms with Gasteiger partial charge in [-0.1, -0.05) is 6.42 Å². The topological polar surface area (TPSA) is 71.1 Å². The third kappa shape index (κ3) is 2.41. The van der Waals surface area contributed by atoms with E-state index in [1.807, 2.05) is 24.5 Å². The fourth-order valence-corrected chi connectivity index (χ4v) is 4.48. The number of pyridine rings is 1. The quantitative estimate of drug-likeness (QED) is 0.873. The lowest BCUT2D eigenvalue weighted by Gasteiger charge is -2.25. The summed E-state index contributed by atoms with van der Waals surface area (Å²) in [6.45, 7) is 2.52. The van der Waals surface area contributed by atoms with Crippen molar-refractivity contribution in [3.8, 4) is 11.3 Å². The lowest BCUT2D eigenvalue weighted by Crippen LogP contribution is -2.36. The highest BCUT2D eigenvalue weighted by Crippen LogP contribution is 2.49. The van der Waals surface area contributed by atoms with E-state index in [1.165, 1.54) is 7.11 Å². The van der Waals surface area contributed by atoms with Crippen LogP contribution in [0.25, 0.3) is 11.3 Å². The number of esters is 1. The number of hydrogen-bond donors (Lipinski definition) is 1. The summed E-state index contributed by atoms with van der Waals surface area (Å²) in [4.78, 5) is 18.9. The van der Waals surface area contributed by atoms with E-state index in [0.29, 0.717) is 5.92 Å². The third-order valence-corrected chi connectivity index (χ3v) is 5.60. The SMILES string of the molecule is COC(=O)[C@]12CCC[C@H]1CN(Cc1cn[nH]c1-c1cccnc1)C2. The number of aromatic amines is 1. The van der Waals surface area contributed by atoms with Crippen molar-refractivity contribution >= 4 is 5.97 Å². The van der Waals surface area contributed by atoms with E-state index in [9.17, 15) is 4.79 Å². The summed E-state index contributed by atoms with van der Waals surface area (Å²) >= 11 is 0. The van der Waals surface area contributed by atoms with Crippen LogP contribution in [0, 0.1) is 11.3 Å². The number of ether oxygens (including phenoxy) is 1. The average Bonchev–Trinajstić information content (AvgIpc) is 3.29. The molecular weight excluding hydrogens is 304 g/mol. The highest BCUT2D eigenvalue weighted by atomic mass is 16.5. The van der Waals surface area contributed by atoms with E-state index < -0.39 is 0 Å². The van der Waals surface area contributed by atoms with Gasteiger partial charge in [-0.25, -0.2) is 0 Å². The first kappa shape index (κ1) is 15.3. The maximum Gasteiger partial charge on any atom is 0.313 e. The van der Waals surface area contributed by atoms with Crippen LogP contribution in [0.3, 0.4) is 0 Å². The second-order valence-electron chi connectivity index (χ2n) is 6.92. The van der Waals surface area contributed by atoms with Crippen LogP contribution in [0.15, 0.2) is 30.7 Å². The van der Waals surface area contributed by atoms with Crippen molar-refractivity contribution in [3.63, 3.8) is 0 Å². The van der Waals surface area contributed by atoms with Crippen LogP contribution in [0.5, 0.6) is 0 Å². The van der Waals surface area contributed by atoms with E-state index in [4.69, 9.17) is 4.74 Å². The second kappa shape index (κ2) is 6.02. The first-order valence-corrected chi connectivity index (χ1v) is 8.46. The zero-order chi connectivity index (χ0) is 16.6. The molecule has 1 saturated heterocycles. The molecule has 0 aromatic carbocycles. The van der Waals surface area contributed by atoms with Crippen molar-refractivity contribution in [1.29, 1.82) is 0 Å². The zero-order valence-electron chi connectivity index (χ0n) is 13.9. The number of fused-ring (bicyclic) bond motifs is 1. The molecule has 2 aromatic rings. The fraction of sp³-hybridized carbons (Fsp3) is 0.500. The number of carbonyl (C=O) groups excluding carboxylic acids is 1. The van der Waals surface area contributed by atoms with Gasteiger partial charge in [0.05, 0.1) is 24.4 Å². The predicted octanol–water partition coefficient (Wildman–Crippen LogP) is 2.25. The molecule has 6 nitrogen and oxygen atoms in total. The fourth-order valence-electron chi connectivity index (χ4n) is 4.48. The van der Waals surface area contributed by atoms with Crippen LogP contribution in [-0.4, -0.2) is 46.2 Å². The summed E-state index contributed by atoms with van der Waals surface area (Å²) in [5.41, 5.74) is 2.88. The lowest BCUT2D eigenvalue weighted by molar-refractivity contribution is -0.153. The highest BCUT2D eigenvalue weighted by molar-refractivity contribution is 5.78. The Balaban J connectivity index is 1.54. The maximum atomic E-state index is 12.4. The zero-order valence-corrected chi connectivity index (χ0v) is 13.9. The van der Waals surface area contributed by atoms with Gasteiger partial charge < -0.3 is 4.74 Å². The summed E-state index contributed by atoms with van der Waals surface area (Å²) in [5, 5.41) is 7.29. The number of hydrogen-bond acceptors (Lipinski definition) is 5. The summed E-state index contributed by atoms with van der Waals surface area (Å²) in [6.07, 6.45) is 8.67. The normalized spacial score (nSPS) is 26.5. The molecule has 0 radical (unpaired) electrons. The van der Waals surface area contributed by atoms with Gasteiger partial charge in [-0.05, 0) is 30.9 Å². The van der Waals surface area contributed by atoms with Gasteiger partial charge in [-0.15, -0.1) is 0 Å². The van der Waals surface area contributed by atoms with Crippen LogP contribution in [0.1, 0.15) is 24.8 Å². The molecule has 1 N–H and O–H groups in total. The van der Waals surface area contributed by atoms with Crippen molar-refractivity contribution in [2.24, 2.45) is 11.3 Å². The molecule has 1 saturated carbocycles. The van der Waals surface area contributed by atoms with E-state index in [1.54, 1.807) is 6.20 Å². The van der Waals surface area contributed by atoms with Crippen molar-refractivity contribution in [1.82, 2.24) is 20.1 Å². The molecular formula is C18H22N4O2. The molecule has 2 aliphatic rings. The van der Waals surface area contributed by atoms with E-state index >= 15 is 0 Å². The first-order chi connectivity index (χ1) is 11.7. The number of H-pyrrole nitrogens is 1. The van der Waals surface area contributed by atoms with E-state index in [0.717, 1.165) is 55.7 Å². The van der Waals surface area contributed by atoms with E-state index in [-0.39, 0.29) is 11.4 Å². The Labute approximate surface area is 141 Å². The van der Waals surface area contributed by atoms with Crippen LogP contribution in [-0.2, 0) is 16.1 Å². The molecule has 0 bridgehead atoms. The van der Waals surface area contributed by atoms with Crippen LogP contribution < -0.4 is 0 Å². The largest absolute Gasteiger partial charge is 0.469 e. The number of nitrogens with one attached hydrogen (secondary N) is 1. The first-order valence-electron chi connectivity index (χ1n) is 8.46. The molecule has 2 fully saturated rings. The molecule has 2 aromatic heterocycles. The van der Waals surface area contributed by atoms with Crippen LogP contribution in [0.2, 0.25) is 0 Å². The number of carbonyl (C=O) groups is 1. The van der Waals surface area contributed by atoms with Gasteiger partial charge in [0.15, 0.2) is 0 Å². The number of likely N-dealkylation sites (tertiary alicyclic amines) is 1. The molecule has 2 atom stereocenters. The molecule has 1 aliphatic heterocycles. The minimum Gasteiger partial charge on any atom is -0.469 e. The van der Waals surface area contributed by atoms with Gasteiger partial charge in [-0.2, -0.15) is 5.10 Å². The number of nitrogens with zero attached hydrogens (tertiary/aromatic N) is 3. The molecule has 0 unspecified atom stereocenters. The maximum absolute atomic E-state index is 12.4. The monoisotopic (exact) mass is 326 g/mol. The van der Waals surface area contributed by atoms with Crippen LogP contribution in [0.4, 0.5) is 0 Å². The summed E-state index contributed by atoms with van der Waals surface area (Å²) in [5.74, 6) is 0.380. The van der Waals surface area contributed by atoms with Gasteiger partial charge in [0.25, 0.3) is 0 Å². The van der Waals surface area contributed by atoms with E-state index in [2.05, 4.69) is 20.1 Å². The summed E-state index contributed by atoms with van der Waals surface area (Å²) < 4.78 is 5.12.